The first-order chi connectivity index (χ1) is 16.0. The van der Waals surface area contributed by atoms with Gasteiger partial charge in [-0.15, -0.1) is 0 Å². The van der Waals surface area contributed by atoms with Crippen LogP contribution in [0.15, 0.2) is 36.4 Å². The van der Waals surface area contributed by atoms with Crippen molar-refractivity contribution in [2.75, 3.05) is 24.8 Å². The zero-order chi connectivity index (χ0) is 25.6. The number of nitrogens with zero attached hydrogens (tertiary/aromatic N) is 2. The zero-order valence-electron chi connectivity index (χ0n) is 20.2. The molecule has 0 bridgehead atoms. The number of ether oxygens (including phenoxy) is 2. The van der Waals surface area contributed by atoms with Crippen LogP contribution in [0.3, 0.4) is 0 Å². The molecule has 10 nitrogen and oxygen atoms in total. The number of benzene rings is 2. The number of nitro groups is 1. The first-order valence-corrected chi connectivity index (χ1v) is 12.6. The molecule has 2 rings (SSSR count). The Bertz CT molecular complexity index is 1150. The molecule has 11 heteroatoms. The van der Waals surface area contributed by atoms with Crippen LogP contribution in [0, 0.1) is 17.0 Å². The number of anilines is 1. The number of carbonyl (C=O) groups excluding carboxylic acids is 1. The summed E-state index contributed by atoms with van der Waals surface area (Å²) in [6.45, 7) is 5.47. The molecule has 2 aromatic rings. The highest BCUT2D eigenvalue weighted by atomic mass is 32.2. The van der Waals surface area contributed by atoms with E-state index < -0.39 is 26.9 Å². The number of carbonyl (C=O) groups is 1. The predicted octanol–water partition coefficient (Wildman–Crippen LogP) is 3.73. The molecule has 0 fully saturated rings. The first kappa shape index (κ1) is 26.9. The van der Waals surface area contributed by atoms with Gasteiger partial charge in [-0.1, -0.05) is 26.0 Å². The number of methoxy groups -OCH3 is 2. The van der Waals surface area contributed by atoms with Gasteiger partial charge in [-0.05, 0) is 43.0 Å². The number of rotatable bonds is 11. The molecule has 1 N–H and O–H groups in total. The van der Waals surface area contributed by atoms with Crippen LogP contribution in [0.1, 0.15) is 43.9 Å². The predicted molar refractivity (Wildman–Crippen MR) is 130 cm³/mol. The van der Waals surface area contributed by atoms with Gasteiger partial charge in [-0.3, -0.25) is 19.2 Å². The third-order valence-corrected chi connectivity index (χ3v) is 6.65. The van der Waals surface area contributed by atoms with E-state index in [0.717, 1.165) is 33.5 Å². The summed E-state index contributed by atoms with van der Waals surface area (Å²) >= 11 is 0. The second-order valence-electron chi connectivity index (χ2n) is 7.79. The highest BCUT2D eigenvalue weighted by Crippen LogP contribution is 2.36. The molecule has 34 heavy (non-hydrogen) atoms. The van der Waals surface area contributed by atoms with Crippen molar-refractivity contribution >= 4 is 27.3 Å². The minimum atomic E-state index is -4.02. The summed E-state index contributed by atoms with van der Waals surface area (Å²) in [5, 5.41) is 14.3. The van der Waals surface area contributed by atoms with Crippen molar-refractivity contribution in [1.82, 2.24) is 5.32 Å². The molecule has 0 spiro atoms. The lowest BCUT2D eigenvalue weighted by atomic mass is 10.0. The van der Waals surface area contributed by atoms with E-state index in [-0.39, 0.29) is 29.6 Å². The number of nitrogens with one attached hydrogen (secondary N) is 1. The molecule has 0 aliphatic carbocycles. The number of hydrogen-bond donors (Lipinski definition) is 1. The lowest BCUT2D eigenvalue weighted by Crippen LogP contribution is -2.50. The van der Waals surface area contributed by atoms with Gasteiger partial charge in [0, 0.05) is 12.1 Å². The maximum atomic E-state index is 13.4. The molecule has 2 atom stereocenters. The summed E-state index contributed by atoms with van der Waals surface area (Å²) in [6.07, 6.45) is 1.64. The summed E-state index contributed by atoms with van der Waals surface area (Å²) < 4.78 is 37.1. The number of amides is 1. The topological polar surface area (TPSA) is 128 Å². The molecule has 186 valence electrons. The summed E-state index contributed by atoms with van der Waals surface area (Å²) in [5.41, 5.74) is 1.36. The molecule has 2 aromatic carbocycles. The first-order valence-electron chi connectivity index (χ1n) is 10.7. The van der Waals surface area contributed by atoms with Gasteiger partial charge in [0.25, 0.3) is 5.69 Å². The average molecular weight is 494 g/mol. The Morgan fingerprint density at radius 1 is 1.09 bits per heavy atom. The summed E-state index contributed by atoms with van der Waals surface area (Å²) in [6, 6.07) is 7.66. The van der Waals surface area contributed by atoms with Gasteiger partial charge in [0.15, 0.2) is 0 Å². The van der Waals surface area contributed by atoms with Crippen molar-refractivity contribution in [3.8, 4) is 11.5 Å². The molecule has 0 heterocycles. The van der Waals surface area contributed by atoms with Crippen molar-refractivity contribution in [2.24, 2.45) is 0 Å². The highest BCUT2D eigenvalue weighted by Gasteiger charge is 2.35. The molecular formula is C23H31N3O7S. The largest absolute Gasteiger partial charge is 0.496 e. The Labute approximate surface area is 200 Å². The van der Waals surface area contributed by atoms with E-state index in [1.165, 1.54) is 19.2 Å². The van der Waals surface area contributed by atoms with Gasteiger partial charge in [0.2, 0.25) is 15.9 Å². The van der Waals surface area contributed by atoms with Crippen molar-refractivity contribution in [3.05, 3.63) is 57.6 Å². The quantitative estimate of drug-likeness (QED) is 0.373. The fraction of sp³-hybridized carbons (Fsp3) is 0.435. The van der Waals surface area contributed by atoms with E-state index >= 15 is 0 Å². The number of non-ortho nitro benzene ring substituents is 1. The molecule has 0 radical (unpaired) electrons. The molecule has 0 aliphatic heterocycles. The minimum Gasteiger partial charge on any atom is -0.496 e. The standard InChI is InChI=1S/C23H31N3O7S/c1-7-18(16-9-11-21(32-4)15(3)13-16)24-23(27)19(8-2)25(34(6,30)31)20-14-17(26(28)29)10-12-22(20)33-5/h9-14,18-19H,7-8H2,1-6H3,(H,24,27). The molecule has 0 aromatic heterocycles. The molecule has 0 aliphatic rings. The van der Waals surface area contributed by atoms with E-state index in [2.05, 4.69) is 5.32 Å². The fourth-order valence-corrected chi connectivity index (χ4v) is 5.01. The SMILES string of the molecule is CCC(NC(=O)C(CC)N(c1cc([N+](=O)[O-])ccc1OC)S(C)(=O)=O)c1ccc(OC)c(C)c1. The second-order valence-corrected chi connectivity index (χ2v) is 9.65. The van der Waals surface area contributed by atoms with Crippen LogP contribution in [-0.2, 0) is 14.8 Å². The zero-order valence-corrected chi connectivity index (χ0v) is 21.0. The van der Waals surface area contributed by atoms with Crippen LogP contribution in [0.4, 0.5) is 11.4 Å². The van der Waals surface area contributed by atoms with E-state index in [4.69, 9.17) is 9.47 Å². The Morgan fingerprint density at radius 2 is 1.71 bits per heavy atom. The molecule has 2 unspecified atom stereocenters. The molecule has 0 saturated heterocycles. The maximum absolute atomic E-state index is 13.4. The number of aryl methyl sites for hydroxylation is 1. The Balaban J connectivity index is 2.50. The monoisotopic (exact) mass is 493 g/mol. The van der Waals surface area contributed by atoms with Crippen molar-refractivity contribution < 1.29 is 27.6 Å². The van der Waals surface area contributed by atoms with E-state index in [1.807, 2.05) is 32.0 Å². The van der Waals surface area contributed by atoms with Gasteiger partial charge >= 0.3 is 0 Å². The van der Waals surface area contributed by atoms with Crippen LogP contribution in [-0.4, -0.2) is 45.8 Å². The molecule has 0 saturated carbocycles. The average Bonchev–Trinajstić information content (AvgIpc) is 2.79. The maximum Gasteiger partial charge on any atom is 0.271 e. The summed E-state index contributed by atoms with van der Waals surface area (Å²) in [7, 11) is -1.12. The van der Waals surface area contributed by atoms with Crippen LogP contribution in [0.25, 0.3) is 0 Å². The Hall–Kier alpha value is -3.34. The second kappa shape index (κ2) is 11.2. The fourth-order valence-electron chi connectivity index (χ4n) is 3.81. The van der Waals surface area contributed by atoms with Gasteiger partial charge in [-0.25, -0.2) is 8.42 Å². The van der Waals surface area contributed by atoms with Gasteiger partial charge in [0.1, 0.15) is 23.2 Å². The van der Waals surface area contributed by atoms with Crippen LogP contribution in [0.5, 0.6) is 11.5 Å². The van der Waals surface area contributed by atoms with Crippen LogP contribution >= 0.6 is 0 Å². The van der Waals surface area contributed by atoms with Crippen molar-refractivity contribution in [1.29, 1.82) is 0 Å². The number of nitro benzene ring substituents is 1. The summed E-state index contributed by atoms with van der Waals surface area (Å²) in [5.74, 6) is 0.291. The van der Waals surface area contributed by atoms with Gasteiger partial charge < -0.3 is 14.8 Å². The van der Waals surface area contributed by atoms with Crippen LogP contribution in [0.2, 0.25) is 0 Å². The molecule has 1 amide bonds. The van der Waals surface area contributed by atoms with Crippen molar-refractivity contribution in [3.63, 3.8) is 0 Å². The van der Waals surface area contributed by atoms with Crippen molar-refractivity contribution in [2.45, 2.75) is 45.7 Å². The highest BCUT2D eigenvalue weighted by molar-refractivity contribution is 7.92. The van der Waals surface area contributed by atoms with Crippen LogP contribution < -0.4 is 19.1 Å². The van der Waals surface area contributed by atoms with E-state index in [9.17, 15) is 23.3 Å². The third-order valence-electron chi connectivity index (χ3n) is 5.49. The normalized spacial score (nSPS) is 13.0. The van der Waals surface area contributed by atoms with E-state index in [0.29, 0.717) is 6.42 Å². The van der Waals surface area contributed by atoms with Gasteiger partial charge in [0.05, 0.1) is 31.4 Å². The van der Waals surface area contributed by atoms with E-state index in [1.54, 1.807) is 14.0 Å². The number of sulfonamides is 1. The number of hydrogen-bond acceptors (Lipinski definition) is 7. The third kappa shape index (κ3) is 5.96. The van der Waals surface area contributed by atoms with Gasteiger partial charge in [-0.2, -0.15) is 0 Å². The Kier molecular flexibility index (Phi) is 8.86. The smallest absolute Gasteiger partial charge is 0.271 e. The Morgan fingerprint density at radius 3 is 2.18 bits per heavy atom. The molecular weight excluding hydrogens is 462 g/mol. The lowest BCUT2D eigenvalue weighted by Gasteiger charge is -2.32. The minimum absolute atomic E-state index is 0.0745. The summed E-state index contributed by atoms with van der Waals surface area (Å²) in [4.78, 5) is 24.1. The lowest BCUT2D eigenvalue weighted by molar-refractivity contribution is -0.384.